The highest BCUT2D eigenvalue weighted by molar-refractivity contribution is 7.98. The van der Waals surface area contributed by atoms with E-state index >= 15 is 0 Å². The minimum atomic E-state index is -0.229. The van der Waals surface area contributed by atoms with Crippen molar-refractivity contribution in [1.82, 2.24) is 19.7 Å². The maximum Gasteiger partial charge on any atom is 0.191 e. The summed E-state index contributed by atoms with van der Waals surface area (Å²) in [6, 6.07) is 15.8. The predicted octanol–water partition coefficient (Wildman–Crippen LogP) is 5.69. The number of aromatic nitrogens is 4. The Morgan fingerprint density at radius 2 is 1.81 bits per heavy atom. The maximum atomic E-state index is 6.02. The zero-order chi connectivity index (χ0) is 21.8. The summed E-state index contributed by atoms with van der Waals surface area (Å²) in [6.07, 6.45) is -0.229. The number of methoxy groups -OCH3 is 1. The topological polar surface area (TPSA) is 62.1 Å². The smallest absolute Gasteiger partial charge is 0.191 e. The third kappa shape index (κ3) is 4.91. The fourth-order valence-electron chi connectivity index (χ4n) is 3.17. The molecule has 8 heteroatoms. The molecule has 1 unspecified atom stereocenters. The molecule has 4 aromatic rings. The van der Waals surface area contributed by atoms with Crippen molar-refractivity contribution >= 4 is 23.1 Å². The minimum Gasteiger partial charge on any atom is -0.497 e. The lowest BCUT2D eigenvalue weighted by atomic mass is 10.1. The van der Waals surface area contributed by atoms with E-state index in [1.54, 1.807) is 30.2 Å². The van der Waals surface area contributed by atoms with Gasteiger partial charge in [-0.2, -0.15) is 0 Å². The van der Waals surface area contributed by atoms with Gasteiger partial charge in [-0.25, -0.2) is 4.98 Å². The van der Waals surface area contributed by atoms with Crippen molar-refractivity contribution in [3.63, 3.8) is 0 Å². The first-order valence-electron chi connectivity index (χ1n) is 9.88. The Morgan fingerprint density at radius 3 is 2.55 bits per heavy atom. The summed E-state index contributed by atoms with van der Waals surface area (Å²) in [5, 5.41) is 12.7. The Bertz CT molecular complexity index is 1150. The normalized spacial score (nSPS) is 12.0. The van der Waals surface area contributed by atoms with Crippen molar-refractivity contribution in [2.24, 2.45) is 7.05 Å². The molecule has 2 heterocycles. The van der Waals surface area contributed by atoms with Crippen LogP contribution in [0.5, 0.6) is 11.5 Å². The summed E-state index contributed by atoms with van der Waals surface area (Å²) in [5.41, 5.74) is 3.47. The van der Waals surface area contributed by atoms with E-state index in [1.807, 2.05) is 48.9 Å². The van der Waals surface area contributed by atoms with Crippen molar-refractivity contribution in [2.45, 2.75) is 30.9 Å². The van der Waals surface area contributed by atoms with Crippen LogP contribution in [0.15, 0.2) is 59.1 Å². The van der Waals surface area contributed by atoms with E-state index in [-0.39, 0.29) is 6.10 Å². The summed E-state index contributed by atoms with van der Waals surface area (Å²) < 4.78 is 13.2. The molecule has 160 valence electrons. The number of benzene rings is 2. The van der Waals surface area contributed by atoms with Crippen LogP contribution in [-0.4, -0.2) is 26.9 Å². The number of nitrogens with zero attached hydrogens (tertiary/aromatic N) is 4. The molecule has 0 saturated heterocycles. The molecule has 0 saturated carbocycles. The highest BCUT2D eigenvalue weighted by atomic mass is 32.2. The Kier molecular flexibility index (Phi) is 6.58. The first-order valence-corrected chi connectivity index (χ1v) is 11.7. The number of ether oxygens (including phenoxy) is 2. The zero-order valence-electron chi connectivity index (χ0n) is 17.9. The highest BCUT2D eigenvalue weighted by Crippen LogP contribution is 2.30. The lowest BCUT2D eigenvalue weighted by Gasteiger charge is -2.14. The predicted molar refractivity (Wildman–Crippen MR) is 125 cm³/mol. The van der Waals surface area contributed by atoms with E-state index in [9.17, 15) is 0 Å². The molecular weight excluding hydrogens is 428 g/mol. The molecule has 2 aromatic carbocycles. The summed E-state index contributed by atoms with van der Waals surface area (Å²) in [4.78, 5) is 4.80. The lowest BCUT2D eigenvalue weighted by molar-refractivity contribution is 0.211. The molecule has 0 fully saturated rings. The second-order valence-electron chi connectivity index (χ2n) is 7.08. The first-order chi connectivity index (χ1) is 15.0. The van der Waals surface area contributed by atoms with Crippen LogP contribution < -0.4 is 9.47 Å². The van der Waals surface area contributed by atoms with Crippen LogP contribution in [0.4, 0.5) is 0 Å². The maximum absolute atomic E-state index is 6.02. The first kappa shape index (κ1) is 21.4. The summed E-state index contributed by atoms with van der Waals surface area (Å²) in [7, 11) is 3.61. The van der Waals surface area contributed by atoms with Gasteiger partial charge in [0.05, 0.1) is 12.8 Å². The van der Waals surface area contributed by atoms with Crippen LogP contribution in [-0.2, 0) is 12.8 Å². The Hall–Kier alpha value is -2.84. The van der Waals surface area contributed by atoms with Gasteiger partial charge in [-0.05, 0) is 43.7 Å². The van der Waals surface area contributed by atoms with E-state index in [0.29, 0.717) is 0 Å². The second-order valence-corrected chi connectivity index (χ2v) is 8.88. The zero-order valence-corrected chi connectivity index (χ0v) is 19.5. The standard InChI is InChI=1S/C23H24N4O2S2/c1-15-7-5-6-8-20(15)22-24-17(13-30-22)14-31-23-26-25-21(27(23)3)16(2)29-19-11-9-18(28-4)10-12-19/h5-13,16H,14H2,1-4H3. The molecular formula is C23H24N4O2S2. The number of hydrogen-bond donors (Lipinski definition) is 0. The van der Waals surface area contributed by atoms with E-state index < -0.39 is 0 Å². The van der Waals surface area contributed by atoms with Gasteiger partial charge in [0.1, 0.15) is 16.5 Å². The minimum absolute atomic E-state index is 0.229. The van der Waals surface area contributed by atoms with Crippen LogP contribution in [0.2, 0.25) is 0 Å². The summed E-state index contributed by atoms with van der Waals surface area (Å²) in [5.74, 6) is 3.07. The fraction of sp³-hybridized carbons (Fsp3) is 0.261. The lowest BCUT2D eigenvalue weighted by Crippen LogP contribution is -2.10. The van der Waals surface area contributed by atoms with Crippen LogP contribution in [0.3, 0.4) is 0 Å². The molecule has 0 N–H and O–H groups in total. The van der Waals surface area contributed by atoms with Gasteiger partial charge in [-0.1, -0.05) is 36.0 Å². The van der Waals surface area contributed by atoms with Gasteiger partial charge in [-0.15, -0.1) is 21.5 Å². The largest absolute Gasteiger partial charge is 0.497 e. The van der Waals surface area contributed by atoms with Gasteiger partial charge in [0, 0.05) is 23.7 Å². The van der Waals surface area contributed by atoms with Gasteiger partial charge < -0.3 is 14.0 Å². The molecule has 0 amide bonds. The van der Waals surface area contributed by atoms with Crippen molar-refractivity contribution in [2.75, 3.05) is 7.11 Å². The molecule has 0 spiro atoms. The third-order valence-electron chi connectivity index (χ3n) is 4.88. The Morgan fingerprint density at radius 1 is 1.06 bits per heavy atom. The molecule has 2 aromatic heterocycles. The molecule has 0 aliphatic carbocycles. The van der Waals surface area contributed by atoms with Crippen molar-refractivity contribution < 1.29 is 9.47 Å². The monoisotopic (exact) mass is 452 g/mol. The van der Waals surface area contributed by atoms with Gasteiger partial charge in [0.15, 0.2) is 17.1 Å². The fourth-order valence-corrected chi connectivity index (χ4v) is 4.99. The van der Waals surface area contributed by atoms with Gasteiger partial charge in [-0.3, -0.25) is 0 Å². The van der Waals surface area contributed by atoms with E-state index in [1.165, 1.54) is 11.1 Å². The third-order valence-corrected chi connectivity index (χ3v) is 6.86. The van der Waals surface area contributed by atoms with Crippen LogP contribution in [0, 0.1) is 6.92 Å². The van der Waals surface area contributed by atoms with E-state index in [0.717, 1.165) is 38.9 Å². The summed E-state index contributed by atoms with van der Waals surface area (Å²) >= 11 is 3.30. The average Bonchev–Trinajstić information content (AvgIpc) is 3.40. The van der Waals surface area contributed by atoms with Gasteiger partial charge in [0.25, 0.3) is 0 Å². The summed E-state index contributed by atoms with van der Waals surface area (Å²) in [6.45, 7) is 4.08. The second kappa shape index (κ2) is 9.53. The van der Waals surface area contributed by atoms with Crippen molar-refractivity contribution in [1.29, 1.82) is 0 Å². The van der Waals surface area contributed by atoms with Gasteiger partial charge in [0.2, 0.25) is 0 Å². The van der Waals surface area contributed by atoms with Crippen LogP contribution in [0.1, 0.15) is 30.1 Å². The number of thioether (sulfide) groups is 1. The number of thiazole rings is 1. The highest BCUT2D eigenvalue weighted by Gasteiger charge is 2.18. The molecule has 0 aliphatic rings. The molecule has 0 radical (unpaired) electrons. The SMILES string of the molecule is COc1ccc(OC(C)c2nnc(SCc3csc(-c4ccccc4C)n3)n2C)cc1. The van der Waals surface area contributed by atoms with Crippen LogP contribution in [0.25, 0.3) is 10.6 Å². The number of aryl methyl sites for hydroxylation is 1. The molecule has 0 aliphatic heterocycles. The Balaban J connectivity index is 1.40. The van der Waals surface area contributed by atoms with Crippen LogP contribution >= 0.6 is 23.1 Å². The number of hydrogen-bond acceptors (Lipinski definition) is 7. The molecule has 6 nitrogen and oxygen atoms in total. The number of rotatable bonds is 8. The molecule has 4 rings (SSSR count). The average molecular weight is 453 g/mol. The molecule has 31 heavy (non-hydrogen) atoms. The quantitative estimate of drug-likeness (QED) is 0.320. The molecule has 1 atom stereocenters. The van der Waals surface area contributed by atoms with E-state index in [2.05, 4.69) is 40.7 Å². The van der Waals surface area contributed by atoms with Gasteiger partial charge >= 0.3 is 0 Å². The van der Waals surface area contributed by atoms with Crippen molar-refractivity contribution in [3.05, 3.63) is 71.0 Å². The Labute approximate surface area is 190 Å². The molecule has 0 bridgehead atoms. The van der Waals surface area contributed by atoms with Crippen molar-refractivity contribution in [3.8, 4) is 22.1 Å². The van der Waals surface area contributed by atoms with E-state index in [4.69, 9.17) is 14.5 Å².